The number of hydrogen-bond acceptors (Lipinski definition) is 3. The Kier molecular flexibility index (Phi) is 9.04. The first kappa shape index (κ1) is 30.2. The minimum absolute atomic E-state index is 0.484. The normalized spacial score (nSPS) is 15.2. The molecule has 0 aliphatic heterocycles. The highest BCUT2D eigenvalue weighted by Gasteiger charge is 2.90. The fourth-order valence-corrected chi connectivity index (χ4v) is 2.27. The molecule has 0 radical (unpaired) electrons. The monoisotopic (exact) mass is 519 g/mol. The highest BCUT2D eigenvalue weighted by atomic mass is 32.1. The SMILES string of the molecule is CCOC(=O)C(CC(F)(F)C(F)(F)C(F)(F)C(F)(F)C(F)(F)C(F)(F)F)=C(CC)NC=S. The van der Waals surface area contributed by atoms with Gasteiger partial charge in [0.1, 0.15) is 0 Å². The summed E-state index contributed by atoms with van der Waals surface area (Å²) in [5.41, 5.74) is -1.67. The predicted octanol–water partition coefficient (Wildman–Crippen LogP) is 5.89. The van der Waals surface area contributed by atoms with Crippen molar-refractivity contribution in [3.05, 3.63) is 11.3 Å². The second-order valence-electron chi connectivity index (χ2n) is 5.97. The molecule has 0 aromatic heterocycles. The largest absolute Gasteiger partial charge is 0.463 e. The van der Waals surface area contributed by atoms with Crippen LogP contribution in [0.1, 0.15) is 26.7 Å². The summed E-state index contributed by atoms with van der Waals surface area (Å²) in [5.74, 6) is -39.6. The number of halogens is 13. The quantitative estimate of drug-likeness (QED) is 0.160. The smallest absolute Gasteiger partial charge is 0.460 e. The average Bonchev–Trinajstić information content (AvgIpc) is 2.63. The van der Waals surface area contributed by atoms with E-state index in [4.69, 9.17) is 0 Å². The maximum absolute atomic E-state index is 14.1. The summed E-state index contributed by atoms with van der Waals surface area (Å²) in [6, 6.07) is 0. The molecule has 0 aromatic rings. The van der Waals surface area contributed by atoms with Gasteiger partial charge in [-0.3, -0.25) is 0 Å². The van der Waals surface area contributed by atoms with Gasteiger partial charge >= 0.3 is 41.8 Å². The number of rotatable bonds is 11. The Morgan fingerprint density at radius 2 is 1.25 bits per heavy atom. The Bertz CT molecular complexity index is 731. The van der Waals surface area contributed by atoms with E-state index < -0.39 is 72.5 Å². The van der Waals surface area contributed by atoms with E-state index in [2.05, 4.69) is 17.0 Å². The molecular formula is C15H14F13NO2S. The first-order valence-corrected chi connectivity index (χ1v) is 8.62. The summed E-state index contributed by atoms with van der Waals surface area (Å²) in [6.07, 6.45) is -10.8. The second kappa shape index (κ2) is 9.59. The molecule has 17 heteroatoms. The summed E-state index contributed by atoms with van der Waals surface area (Å²) in [4.78, 5) is 11.8. The Morgan fingerprint density at radius 1 is 0.812 bits per heavy atom. The molecule has 0 saturated carbocycles. The highest BCUT2D eigenvalue weighted by molar-refractivity contribution is 7.78. The van der Waals surface area contributed by atoms with Gasteiger partial charge in [0, 0.05) is 5.70 Å². The van der Waals surface area contributed by atoms with E-state index in [1.807, 2.05) is 5.32 Å². The van der Waals surface area contributed by atoms with Crippen molar-refractivity contribution in [3.8, 4) is 0 Å². The predicted molar refractivity (Wildman–Crippen MR) is 86.1 cm³/mol. The van der Waals surface area contributed by atoms with Gasteiger partial charge in [-0.2, -0.15) is 57.1 Å². The van der Waals surface area contributed by atoms with Crippen LogP contribution >= 0.6 is 12.2 Å². The van der Waals surface area contributed by atoms with Crippen molar-refractivity contribution in [1.82, 2.24) is 5.32 Å². The number of thiocarbonyl (C=S) groups is 1. The summed E-state index contributed by atoms with van der Waals surface area (Å²) in [5, 5.41) is 1.94. The van der Waals surface area contributed by atoms with Crippen molar-refractivity contribution < 1.29 is 66.6 Å². The lowest BCUT2D eigenvalue weighted by Crippen LogP contribution is -2.70. The number of alkyl halides is 13. The van der Waals surface area contributed by atoms with E-state index in [-0.39, 0.29) is 0 Å². The van der Waals surface area contributed by atoms with Gasteiger partial charge in [-0.25, -0.2) is 4.79 Å². The van der Waals surface area contributed by atoms with Crippen molar-refractivity contribution >= 4 is 23.7 Å². The van der Waals surface area contributed by atoms with Gasteiger partial charge in [0.25, 0.3) is 0 Å². The summed E-state index contributed by atoms with van der Waals surface area (Å²) < 4.78 is 176. The third kappa shape index (κ3) is 5.06. The van der Waals surface area contributed by atoms with E-state index in [1.165, 1.54) is 0 Å². The average molecular weight is 519 g/mol. The Labute approximate surface area is 176 Å². The summed E-state index contributed by atoms with van der Waals surface area (Å²) in [6.45, 7) is 1.66. The number of carbonyl (C=O) groups excluding carboxylic acids is 1. The molecule has 0 aliphatic rings. The first-order chi connectivity index (χ1) is 14.1. The van der Waals surface area contributed by atoms with E-state index in [0.717, 1.165) is 13.8 Å². The van der Waals surface area contributed by atoms with Gasteiger partial charge in [0.05, 0.1) is 24.1 Å². The van der Waals surface area contributed by atoms with Crippen molar-refractivity contribution in [2.45, 2.75) is 62.5 Å². The van der Waals surface area contributed by atoms with Crippen LogP contribution in [-0.2, 0) is 9.53 Å². The van der Waals surface area contributed by atoms with Crippen molar-refractivity contribution in [3.63, 3.8) is 0 Å². The molecule has 0 amide bonds. The van der Waals surface area contributed by atoms with Crippen molar-refractivity contribution in [1.29, 1.82) is 0 Å². The van der Waals surface area contributed by atoms with E-state index in [9.17, 15) is 61.9 Å². The van der Waals surface area contributed by atoms with Gasteiger partial charge in [0.2, 0.25) is 0 Å². The topological polar surface area (TPSA) is 38.3 Å². The highest BCUT2D eigenvalue weighted by Crippen LogP contribution is 2.61. The molecular weight excluding hydrogens is 505 g/mol. The molecule has 3 nitrogen and oxygen atoms in total. The number of ether oxygens (including phenoxy) is 1. The standard InChI is InChI=1S/C15H14F13NO2S/c1-3-8(29-6-32)7(9(30)31-4-2)5-10(16,17)11(18,19)12(20,21)13(22,23)14(24,25)15(26,27)28/h6H,3-5H2,1-2H3,(H,29,32). The molecule has 0 unspecified atom stereocenters. The summed E-state index contributed by atoms with van der Waals surface area (Å²) >= 11 is 4.30. The lowest BCUT2D eigenvalue weighted by Gasteiger charge is -2.39. The number of nitrogens with one attached hydrogen (secondary N) is 1. The molecule has 32 heavy (non-hydrogen) atoms. The molecule has 0 spiro atoms. The minimum atomic E-state index is -8.01. The van der Waals surface area contributed by atoms with Gasteiger partial charge in [-0.1, -0.05) is 19.1 Å². The molecule has 0 fully saturated rings. The fourth-order valence-electron chi connectivity index (χ4n) is 2.13. The molecule has 0 aromatic carbocycles. The van der Waals surface area contributed by atoms with Crippen LogP contribution in [0.3, 0.4) is 0 Å². The van der Waals surface area contributed by atoms with Crippen LogP contribution in [0.5, 0.6) is 0 Å². The number of hydrogen-bond donors (Lipinski definition) is 1. The third-order valence-electron chi connectivity index (χ3n) is 3.87. The summed E-state index contributed by atoms with van der Waals surface area (Å²) in [7, 11) is 0. The van der Waals surface area contributed by atoms with Crippen molar-refractivity contribution in [2.75, 3.05) is 6.61 Å². The Balaban J connectivity index is 6.64. The molecule has 0 heterocycles. The number of allylic oxidation sites excluding steroid dienone is 1. The first-order valence-electron chi connectivity index (χ1n) is 8.15. The third-order valence-corrected chi connectivity index (χ3v) is 3.99. The molecule has 0 rings (SSSR count). The van der Waals surface area contributed by atoms with Crippen LogP contribution in [0.2, 0.25) is 0 Å². The molecule has 1 N–H and O–H groups in total. The van der Waals surface area contributed by atoms with E-state index >= 15 is 0 Å². The fraction of sp³-hybridized carbons (Fsp3) is 0.733. The van der Waals surface area contributed by atoms with Crippen molar-refractivity contribution in [2.24, 2.45) is 0 Å². The van der Waals surface area contributed by atoms with Gasteiger partial charge < -0.3 is 10.1 Å². The molecule has 0 atom stereocenters. The van der Waals surface area contributed by atoms with E-state index in [1.54, 1.807) is 0 Å². The lowest BCUT2D eigenvalue weighted by atomic mass is 9.90. The molecule has 188 valence electrons. The second-order valence-corrected chi connectivity index (χ2v) is 6.21. The maximum atomic E-state index is 14.1. The molecule has 0 bridgehead atoms. The van der Waals surface area contributed by atoms with Crippen LogP contribution in [0.15, 0.2) is 11.3 Å². The van der Waals surface area contributed by atoms with Gasteiger partial charge in [-0.15, -0.1) is 0 Å². The Hall–Kier alpha value is -1.81. The molecule has 0 saturated heterocycles. The minimum Gasteiger partial charge on any atom is -0.463 e. The lowest BCUT2D eigenvalue weighted by molar-refractivity contribution is -0.439. The Morgan fingerprint density at radius 3 is 1.59 bits per heavy atom. The van der Waals surface area contributed by atoms with Crippen LogP contribution in [0.25, 0.3) is 0 Å². The zero-order valence-corrected chi connectivity index (χ0v) is 16.7. The maximum Gasteiger partial charge on any atom is 0.460 e. The van der Waals surface area contributed by atoms with Gasteiger partial charge in [0.15, 0.2) is 0 Å². The van der Waals surface area contributed by atoms with Gasteiger partial charge in [-0.05, 0) is 13.3 Å². The number of carbonyl (C=O) groups is 1. The zero-order chi connectivity index (χ0) is 26.0. The molecule has 0 aliphatic carbocycles. The number of esters is 1. The van der Waals surface area contributed by atoms with Crippen LogP contribution in [0.4, 0.5) is 57.1 Å². The van der Waals surface area contributed by atoms with Crippen LogP contribution in [-0.4, -0.2) is 53.9 Å². The van der Waals surface area contributed by atoms with Crippen LogP contribution < -0.4 is 5.32 Å². The van der Waals surface area contributed by atoms with Crippen LogP contribution in [0, 0.1) is 0 Å². The van der Waals surface area contributed by atoms with E-state index in [0.29, 0.717) is 5.49 Å². The zero-order valence-electron chi connectivity index (χ0n) is 15.8.